The van der Waals surface area contributed by atoms with Crippen LogP contribution in [-0.2, 0) is 0 Å². The molecule has 0 bridgehead atoms. The first-order valence-corrected chi connectivity index (χ1v) is 3.69. The van der Waals surface area contributed by atoms with E-state index in [0.29, 0.717) is 0 Å². The van der Waals surface area contributed by atoms with E-state index in [0.717, 1.165) is 0 Å². The zero-order valence-corrected chi connectivity index (χ0v) is 8.65. The van der Waals surface area contributed by atoms with Gasteiger partial charge in [-0.15, -0.1) is 0 Å². The normalized spacial score (nSPS) is 8.36. The van der Waals surface area contributed by atoms with Crippen LogP contribution in [0.3, 0.4) is 0 Å². The standard InChI is InChI=1S/C7H5NS.HI.H2O/c1-2-4-7-6(3-1)8-5-9-7;;/h1-5H;1H;1H2. The quantitative estimate of drug-likeness (QED) is 0.497. The first-order chi connectivity index (χ1) is 4.47. The molecule has 1 heterocycles. The first-order valence-electron chi connectivity index (χ1n) is 2.81. The number of aromatic nitrogens is 1. The van der Waals surface area contributed by atoms with Crippen molar-refractivity contribution in [1.29, 1.82) is 0 Å². The average Bonchev–Trinajstić information content (AvgIpc) is 2.33. The van der Waals surface area contributed by atoms with Gasteiger partial charge in [0.25, 0.3) is 0 Å². The second-order valence-corrected chi connectivity index (χ2v) is 2.79. The highest BCUT2D eigenvalue weighted by Gasteiger charge is 1.96. The van der Waals surface area contributed by atoms with E-state index in [9.17, 15) is 0 Å². The Labute approximate surface area is 85.6 Å². The van der Waals surface area contributed by atoms with Gasteiger partial charge in [0.2, 0.25) is 11.0 Å². The van der Waals surface area contributed by atoms with Gasteiger partial charge < -0.3 is 29.5 Å². The summed E-state index contributed by atoms with van der Waals surface area (Å²) < 4.78 is 1.32. The van der Waals surface area contributed by atoms with Crippen molar-refractivity contribution in [2.45, 2.75) is 0 Å². The van der Waals surface area contributed by atoms with Gasteiger partial charge >= 0.3 is 0 Å². The highest BCUT2D eigenvalue weighted by Crippen LogP contribution is 2.12. The van der Waals surface area contributed by atoms with Crippen LogP contribution in [0.4, 0.5) is 0 Å². The molecule has 0 radical (unpaired) electrons. The number of rotatable bonds is 0. The second-order valence-electron chi connectivity index (χ2n) is 1.88. The Kier molecular flexibility index (Phi) is 4.55. The maximum atomic E-state index is 3.14. The largest absolute Gasteiger partial charge is 1.00 e. The van der Waals surface area contributed by atoms with Crippen molar-refractivity contribution in [3.05, 3.63) is 29.8 Å². The van der Waals surface area contributed by atoms with Crippen LogP contribution >= 0.6 is 11.3 Å². The summed E-state index contributed by atoms with van der Waals surface area (Å²) in [5.41, 5.74) is 3.22. The highest BCUT2D eigenvalue weighted by atomic mass is 127. The molecule has 0 aliphatic rings. The molecular formula is C7H8INOS. The van der Waals surface area contributed by atoms with E-state index >= 15 is 0 Å². The van der Waals surface area contributed by atoms with Gasteiger partial charge in [0.05, 0.1) is 0 Å². The fourth-order valence-corrected chi connectivity index (χ4v) is 1.57. The summed E-state index contributed by atoms with van der Waals surface area (Å²) in [6.07, 6.45) is 0. The number of benzene rings is 1. The lowest BCUT2D eigenvalue weighted by Crippen LogP contribution is -3.00. The number of para-hydroxylation sites is 1. The lowest BCUT2D eigenvalue weighted by atomic mass is 10.3. The van der Waals surface area contributed by atoms with Crippen LogP contribution in [0, 0.1) is 0 Å². The van der Waals surface area contributed by atoms with Crippen LogP contribution < -0.4 is 29.0 Å². The Hall–Kier alpha value is -0.200. The number of fused-ring (bicyclic) bond motifs is 1. The lowest BCUT2D eigenvalue weighted by molar-refractivity contribution is -0.338. The van der Waals surface area contributed by atoms with Crippen molar-refractivity contribution < 1.29 is 34.4 Å². The van der Waals surface area contributed by atoms with Gasteiger partial charge in [0, 0.05) is 6.07 Å². The molecule has 0 amide bonds. The van der Waals surface area contributed by atoms with E-state index in [1.807, 2.05) is 17.6 Å². The third kappa shape index (κ3) is 2.11. The van der Waals surface area contributed by atoms with Crippen LogP contribution in [0.2, 0.25) is 0 Å². The molecule has 0 saturated heterocycles. The summed E-state index contributed by atoms with van der Waals surface area (Å²) >= 11 is 1.73. The number of halogens is 1. The molecule has 1 aromatic carbocycles. The molecule has 0 fully saturated rings. The molecule has 60 valence electrons. The molecule has 2 nitrogen and oxygen atoms in total. The Morgan fingerprint density at radius 2 is 1.91 bits per heavy atom. The molecule has 1 aromatic heterocycles. The maximum absolute atomic E-state index is 3.14. The average molecular weight is 281 g/mol. The van der Waals surface area contributed by atoms with Crippen LogP contribution in [0.25, 0.3) is 10.2 Å². The van der Waals surface area contributed by atoms with Crippen molar-refractivity contribution in [1.82, 2.24) is 0 Å². The highest BCUT2D eigenvalue weighted by molar-refractivity contribution is 7.16. The monoisotopic (exact) mass is 281 g/mol. The van der Waals surface area contributed by atoms with Crippen LogP contribution in [0.15, 0.2) is 29.8 Å². The minimum atomic E-state index is 0. The number of hydrogen-bond acceptors (Lipinski definition) is 1. The van der Waals surface area contributed by atoms with Crippen LogP contribution in [-0.4, -0.2) is 5.48 Å². The third-order valence-electron chi connectivity index (χ3n) is 1.29. The van der Waals surface area contributed by atoms with E-state index in [1.54, 1.807) is 11.3 Å². The molecule has 0 atom stereocenters. The molecule has 11 heavy (non-hydrogen) atoms. The van der Waals surface area contributed by atoms with Crippen LogP contribution in [0.5, 0.6) is 0 Å². The first kappa shape index (κ1) is 10.8. The Balaban J connectivity index is 0.000000500. The predicted molar refractivity (Wildman–Crippen MR) is 42.0 cm³/mol. The molecule has 4 heteroatoms. The third-order valence-corrected chi connectivity index (χ3v) is 2.13. The molecule has 0 spiro atoms. The number of H-pyrrole nitrogens is 1. The van der Waals surface area contributed by atoms with Crippen molar-refractivity contribution in [3.8, 4) is 0 Å². The van der Waals surface area contributed by atoms with Gasteiger partial charge in [-0.2, -0.15) is 0 Å². The van der Waals surface area contributed by atoms with Crippen molar-refractivity contribution in [3.63, 3.8) is 0 Å². The predicted octanol–water partition coefficient (Wildman–Crippen LogP) is -2.11. The smallest absolute Gasteiger partial charge is 0.224 e. The maximum Gasteiger partial charge on any atom is 0.224 e. The van der Waals surface area contributed by atoms with Crippen molar-refractivity contribution in [2.24, 2.45) is 0 Å². The van der Waals surface area contributed by atoms with Gasteiger partial charge in [-0.1, -0.05) is 23.5 Å². The van der Waals surface area contributed by atoms with Gasteiger partial charge in [0.15, 0.2) is 0 Å². The Morgan fingerprint density at radius 1 is 1.18 bits per heavy atom. The summed E-state index contributed by atoms with van der Waals surface area (Å²) in [4.78, 5) is 3.14. The van der Waals surface area contributed by atoms with E-state index < -0.39 is 0 Å². The SMILES string of the molecule is O.[I-].c1ccc2sc[nH+]c2c1. The summed E-state index contributed by atoms with van der Waals surface area (Å²) in [5, 5.41) is 0. The number of aromatic amines is 1. The van der Waals surface area contributed by atoms with E-state index in [-0.39, 0.29) is 29.5 Å². The van der Waals surface area contributed by atoms with Gasteiger partial charge in [0.1, 0.15) is 4.70 Å². The fourth-order valence-electron chi connectivity index (χ4n) is 0.845. The molecular weight excluding hydrogens is 273 g/mol. The van der Waals surface area contributed by atoms with Crippen molar-refractivity contribution >= 4 is 21.6 Å². The molecule has 3 N–H and O–H groups in total. The number of thiazole rings is 1. The minimum absolute atomic E-state index is 0. The second kappa shape index (κ2) is 4.63. The van der Waals surface area contributed by atoms with Gasteiger partial charge in [-0.25, -0.2) is 4.98 Å². The summed E-state index contributed by atoms with van der Waals surface area (Å²) in [6, 6.07) is 8.26. The molecule has 2 rings (SSSR count). The number of nitrogens with one attached hydrogen (secondary N) is 1. The zero-order valence-electron chi connectivity index (χ0n) is 5.67. The Morgan fingerprint density at radius 3 is 2.64 bits per heavy atom. The molecule has 0 aliphatic carbocycles. The van der Waals surface area contributed by atoms with Gasteiger partial charge in [-0.3, -0.25) is 0 Å². The molecule has 0 aliphatic heterocycles. The topological polar surface area (TPSA) is 45.6 Å². The van der Waals surface area contributed by atoms with Crippen LogP contribution in [0.1, 0.15) is 0 Å². The Bertz CT molecular complexity index is 292. The van der Waals surface area contributed by atoms with E-state index in [1.165, 1.54) is 10.2 Å². The summed E-state index contributed by atoms with van der Waals surface area (Å²) in [6.45, 7) is 0. The summed E-state index contributed by atoms with van der Waals surface area (Å²) in [5.74, 6) is 0. The molecule has 2 aromatic rings. The lowest BCUT2D eigenvalue weighted by Gasteiger charge is -1.75. The number of hydrogen-bond donors (Lipinski definition) is 0. The summed E-state index contributed by atoms with van der Waals surface area (Å²) in [7, 11) is 0. The zero-order chi connectivity index (χ0) is 6.10. The van der Waals surface area contributed by atoms with E-state index in [4.69, 9.17) is 0 Å². The molecule has 0 unspecified atom stereocenters. The van der Waals surface area contributed by atoms with E-state index in [2.05, 4.69) is 17.1 Å². The molecule has 0 saturated carbocycles. The minimum Gasteiger partial charge on any atom is -1.00 e. The fraction of sp³-hybridized carbons (Fsp3) is 0. The van der Waals surface area contributed by atoms with Crippen molar-refractivity contribution in [2.75, 3.05) is 0 Å². The van der Waals surface area contributed by atoms with Gasteiger partial charge in [-0.05, 0) is 6.07 Å².